The molecule has 1 saturated heterocycles. The highest BCUT2D eigenvalue weighted by molar-refractivity contribution is 7.91. The van der Waals surface area contributed by atoms with Gasteiger partial charge in [0.2, 0.25) is 5.66 Å². The predicted octanol–water partition coefficient (Wildman–Crippen LogP) is 1.58. The molecule has 0 saturated carbocycles. The largest absolute Gasteiger partial charge is 0.468 e. The summed E-state index contributed by atoms with van der Waals surface area (Å²) in [6.45, 7) is 3.23. The van der Waals surface area contributed by atoms with Crippen LogP contribution in [-0.2, 0) is 57.5 Å². The average molecular weight is 647 g/mol. The quantitative estimate of drug-likeness (QED) is 0.156. The summed E-state index contributed by atoms with van der Waals surface area (Å²) in [5, 5.41) is 0. The van der Waals surface area contributed by atoms with Crippen LogP contribution in [0.15, 0.2) is 58.3 Å². The van der Waals surface area contributed by atoms with E-state index in [4.69, 9.17) is 13.8 Å². The van der Waals surface area contributed by atoms with Crippen LogP contribution < -0.4 is 0 Å². The monoisotopic (exact) mass is 646 g/mol. The molecule has 3 rings (SSSR count). The van der Waals surface area contributed by atoms with Gasteiger partial charge >= 0.3 is 25.6 Å². The number of sulfonamides is 2. The molecule has 228 valence electrons. The minimum atomic E-state index is -5.43. The normalized spacial score (nSPS) is 18.6. The molecule has 42 heavy (non-hydrogen) atoms. The summed E-state index contributed by atoms with van der Waals surface area (Å²) in [6, 6.07) is 7.22. The van der Waals surface area contributed by atoms with E-state index in [0.717, 1.165) is 45.6 Å². The molecule has 1 unspecified atom stereocenters. The van der Waals surface area contributed by atoms with Crippen LogP contribution in [0.4, 0.5) is 4.79 Å². The Morgan fingerprint density at radius 3 is 1.57 bits per heavy atom. The van der Waals surface area contributed by atoms with Gasteiger partial charge < -0.3 is 18.5 Å². The minimum Gasteiger partial charge on any atom is -0.468 e. The Morgan fingerprint density at radius 2 is 1.19 bits per heavy atom. The zero-order valence-electron chi connectivity index (χ0n) is 23.2. The van der Waals surface area contributed by atoms with Gasteiger partial charge in [-0.3, -0.25) is 14.2 Å². The van der Waals surface area contributed by atoms with Gasteiger partial charge in [0.25, 0.3) is 31.5 Å². The highest BCUT2D eigenvalue weighted by Gasteiger charge is 2.79. The summed E-state index contributed by atoms with van der Waals surface area (Å²) < 4.78 is 87.6. The van der Waals surface area contributed by atoms with E-state index in [2.05, 4.69) is 4.74 Å². The highest BCUT2D eigenvalue weighted by Crippen LogP contribution is 2.59. The lowest BCUT2D eigenvalue weighted by molar-refractivity contribution is -0.161. The van der Waals surface area contributed by atoms with Crippen LogP contribution in [0.5, 0.6) is 0 Å². The van der Waals surface area contributed by atoms with Crippen LogP contribution in [0.2, 0.25) is 0 Å². The fourth-order valence-electron chi connectivity index (χ4n) is 4.29. The Morgan fingerprint density at radius 1 is 0.762 bits per heavy atom. The molecule has 0 radical (unpaired) electrons. The molecule has 2 atom stereocenters. The van der Waals surface area contributed by atoms with Crippen molar-refractivity contribution in [1.82, 2.24) is 8.61 Å². The number of rotatable bonds is 10. The van der Waals surface area contributed by atoms with Crippen LogP contribution in [0.3, 0.4) is 0 Å². The lowest BCUT2D eigenvalue weighted by atomic mass is 9.94. The summed E-state index contributed by atoms with van der Waals surface area (Å²) in [5.41, 5.74) is -5.57. The van der Waals surface area contributed by atoms with Crippen LogP contribution in [0, 0.1) is 13.8 Å². The lowest BCUT2D eigenvalue weighted by Gasteiger charge is -2.37. The second kappa shape index (κ2) is 11.6. The highest BCUT2D eigenvalue weighted by atomic mass is 32.2. The first-order valence-corrected chi connectivity index (χ1v) is 16.2. The third-order valence-electron chi connectivity index (χ3n) is 6.44. The maximum Gasteiger partial charge on any atom is 0.356 e. The number of hydrogen-bond donors (Lipinski definition) is 0. The molecule has 1 aliphatic rings. The van der Waals surface area contributed by atoms with E-state index in [9.17, 15) is 40.6 Å². The van der Waals surface area contributed by atoms with Crippen molar-refractivity contribution in [2.24, 2.45) is 0 Å². The molecule has 0 aliphatic carbocycles. The average Bonchev–Trinajstić information content (AvgIpc) is 3.20. The van der Waals surface area contributed by atoms with E-state index in [-0.39, 0.29) is 0 Å². The predicted molar refractivity (Wildman–Crippen MR) is 143 cm³/mol. The van der Waals surface area contributed by atoms with Crippen LogP contribution in [-0.4, -0.2) is 89.0 Å². The number of esters is 2. The van der Waals surface area contributed by atoms with Crippen molar-refractivity contribution in [2.75, 3.05) is 28.4 Å². The van der Waals surface area contributed by atoms with Gasteiger partial charge in [-0.25, -0.2) is 26.4 Å². The number of aryl methyl sites for hydroxylation is 2. The number of carbonyl (C=O) groups is 4. The number of benzene rings is 2. The van der Waals surface area contributed by atoms with Gasteiger partial charge in [-0.05, 0) is 38.1 Å². The Balaban J connectivity index is 2.56. The van der Waals surface area contributed by atoms with Gasteiger partial charge in [-0.2, -0.15) is 4.31 Å². The molecule has 2 aromatic rings. The third-order valence-corrected chi connectivity index (χ3v) is 12.1. The number of imide groups is 1. The molecule has 18 heteroatoms. The standard InChI is InChI=1S/C24H27N2O13PS2/c1-15-7-11-17(12-8-15)41(32,33)25-21(28)24(22(29)37-4,19(20(27)36-3)40(31,38-5)39-6)26(23(25)30)42(34,35)18-13-9-16(2)10-14-18/h7-14,19H,1-6H3/t19?,24-/m0/s1. The molecule has 1 aliphatic heterocycles. The Hall–Kier alpha value is -3.63. The topological polar surface area (TPSA) is 197 Å². The lowest BCUT2D eigenvalue weighted by Crippen LogP contribution is -2.67. The molecular formula is C24H27N2O13PS2. The van der Waals surface area contributed by atoms with E-state index in [1.807, 2.05) is 0 Å². The number of carbonyl (C=O) groups excluding carboxylic acids is 4. The third kappa shape index (κ3) is 4.90. The van der Waals surface area contributed by atoms with Gasteiger partial charge in [0.1, 0.15) is 0 Å². The molecule has 1 fully saturated rings. The van der Waals surface area contributed by atoms with Crippen molar-refractivity contribution in [3.63, 3.8) is 0 Å². The van der Waals surface area contributed by atoms with E-state index < -0.39 is 81.1 Å². The van der Waals surface area contributed by atoms with Crippen LogP contribution >= 0.6 is 7.60 Å². The molecule has 0 bridgehead atoms. The van der Waals surface area contributed by atoms with Crippen LogP contribution in [0.1, 0.15) is 11.1 Å². The first-order chi connectivity index (χ1) is 19.5. The maximum atomic E-state index is 14.3. The van der Waals surface area contributed by atoms with Crippen molar-refractivity contribution in [3.8, 4) is 0 Å². The molecule has 3 amide bonds. The number of ether oxygens (including phenoxy) is 2. The van der Waals surface area contributed by atoms with E-state index in [0.29, 0.717) is 18.2 Å². The molecule has 0 N–H and O–H groups in total. The Bertz CT molecular complexity index is 1680. The molecule has 2 aromatic carbocycles. The van der Waals surface area contributed by atoms with Gasteiger partial charge in [0.05, 0.1) is 24.0 Å². The summed E-state index contributed by atoms with van der Waals surface area (Å²) >= 11 is 0. The van der Waals surface area contributed by atoms with Crippen LogP contribution in [0.25, 0.3) is 0 Å². The second-order valence-corrected chi connectivity index (χ2v) is 14.7. The van der Waals surface area contributed by atoms with Crippen molar-refractivity contribution in [2.45, 2.75) is 34.8 Å². The van der Waals surface area contributed by atoms with Crippen molar-refractivity contribution >= 4 is 51.5 Å². The van der Waals surface area contributed by atoms with E-state index in [1.54, 1.807) is 13.8 Å². The van der Waals surface area contributed by atoms with Crippen molar-refractivity contribution in [3.05, 3.63) is 59.7 Å². The van der Waals surface area contributed by atoms with E-state index in [1.165, 1.54) is 24.3 Å². The van der Waals surface area contributed by atoms with Gasteiger partial charge in [0.15, 0.2) is 0 Å². The number of nitrogens with zero attached hydrogens (tertiary/aromatic N) is 2. The summed E-state index contributed by atoms with van der Waals surface area (Å²) in [5.74, 6) is -5.80. The van der Waals surface area contributed by atoms with Gasteiger partial charge in [-0.1, -0.05) is 35.4 Å². The summed E-state index contributed by atoms with van der Waals surface area (Å²) in [4.78, 5) is 53.8. The minimum absolute atomic E-state index is 0.448. The molecule has 0 aromatic heterocycles. The fourth-order valence-corrected chi connectivity index (χ4v) is 9.09. The molecule has 1 heterocycles. The number of amides is 3. The zero-order chi connectivity index (χ0) is 31.8. The molecule has 0 spiro atoms. The fraction of sp³-hybridized carbons (Fsp3) is 0.333. The van der Waals surface area contributed by atoms with Crippen molar-refractivity contribution < 1.29 is 59.1 Å². The Kier molecular flexibility index (Phi) is 9.06. The number of methoxy groups -OCH3 is 2. The zero-order valence-corrected chi connectivity index (χ0v) is 25.7. The maximum absolute atomic E-state index is 14.3. The second-order valence-electron chi connectivity index (χ2n) is 8.84. The number of urea groups is 1. The smallest absolute Gasteiger partial charge is 0.356 e. The summed E-state index contributed by atoms with van der Waals surface area (Å²) in [6.07, 6.45) is 0. The van der Waals surface area contributed by atoms with Gasteiger partial charge in [-0.15, -0.1) is 4.31 Å². The Labute approximate surface area is 241 Å². The SMILES string of the molecule is COC(=O)C([C@@]1(C(=O)OC)C(=O)N(S(=O)(=O)c2ccc(C)cc2)C(=O)N1S(=O)(=O)c1ccc(C)cc1)P(=O)(OC)OC. The van der Waals surface area contributed by atoms with E-state index >= 15 is 0 Å². The number of hydrogen-bond acceptors (Lipinski definition) is 13. The van der Waals surface area contributed by atoms with Crippen molar-refractivity contribution in [1.29, 1.82) is 0 Å². The first kappa shape index (κ1) is 32.9. The molecular weight excluding hydrogens is 619 g/mol. The molecule has 15 nitrogen and oxygen atoms in total. The first-order valence-electron chi connectivity index (χ1n) is 11.7. The van der Waals surface area contributed by atoms with Gasteiger partial charge in [0, 0.05) is 14.2 Å². The summed E-state index contributed by atoms with van der Waals surface area (Å²) in [7, 11) is -13.0.